The highest BCUT2D eigenvalue weighted by Gasteiger charge is 2.10. The van der Waals surface area contributed by atoms with Crippen molar-refractivity contribution in [1.29, 1.82) is 0 Å². The maximum Gasteiger partial charge on any atom is 0.257 e. The lowest BCUT2D eigenvalue weighted by Gasteiger charge is -2.14. The van der Waals surface area contributed by atoms with Crippen LogP contribution < -0.4 is 10.6 Å². The normalized spacial score (nSPS) is 12.4. The number of anilines is 2. The molecule has 8 nitrogen and oxygen atoms in total. The molecule has 1 atom stereocenters. The van der Waals surface area contributed by atoms with E-state index >= 15 is 0 Å². The van der Waals surface area contributed by atoms with Gasteiger partial charge in [-0.3, -0.25) is 0 Å². The third-order valence-corrected chi connectivity index (χ3v) is 2.80. The molecule has 8 heteroatoms. The fourth-order valence-electron chi connectivity index (χ4n) is 1.88. The molecule has 0 fully saturated rings. The minimum Gasteiger partial charge on any atom is -0.391 e. The van der Waals surface area contributed by atoms with Gasteiger partial charge in [-0.15, -0.1) is 0 Å². The summed E-state index contributed by atoms with van der Waals surface area (Å²) in [7, 11) is 1.74. The van der Waals surface area contributed by atoms with Crippen LogP contribution in [0.2, 0.25) is 0 Å². The van der Waals surface area contributed by atoms with E-state index in [1.54, 1.807) is 30.2 Å². The average Bonchev–Trinajstić information content (AvgIpc) is 2.98. The number of aromatic nitrogens is 5. The number of hydrogen-bond acceptors (Lipinski definition) is 7. The third kappa shape index (κ3) is 4.38. The summed E-state index contributed by atoms with van der Waals surface area (Å²) < 4.78 is 1.55. The van der Waals surface area contributed by atoms with E-state index in [9.17, 15) is 5.11 Å². The van der Waals surface area contributed by atoms with Gasteiger partial charge in [0.05, 0.1) is 6.10 Å². The minimum absolute atomic E-state index is 0.393. The van der Waals surface area contributed by atoms with Crippen molar-refractivity contribution in [3.05, 3.63) is 18.5 Å². The van der Waals surface area contributed by atoms with Crippen molar-refractivity contribution in [3.8, 4) is 5.95 Å². The van der Waals surface area contributed by atoms with Crippen molar-refractivity contribution >= 4 is 11.9 Å². The molecule has 2 aromatic rings. The molecule has 21 heavy (non-hydrogen) atoms. The number of aliphatic hydroxyl groups is 1. The van der Waals surface area contributed by atoms with Crippen LogP contribution in [0.25, 0.3) is 5.95 Å². The largest absolute Gasteiger partial charge is 0.391 e. The Morgan fingerprint density at radius 1 is 1.24 bits per heavy atom. The van der Waals surface area contributed by atoms with Crippen molar-refractivity contribution in [2.24, 2.45) is 5.92 Å². The summed E-state index contributed by atoms with van der Waals surface area (Å²) in [6.07, 6.45) is 3.70. The van der Waals surface area contributed by atoms with Crippen molar-refractivity contribution in [2.45, 2.75) is 26.4 Å². The Hall–Kier alpha value is -2.22. The molecule has 0 aliphatic carbocycles. The first-order valence-corrected chi connectivity index (χ1v) is 6.94. The Balaban J connectivity index is 2.10. The summed E-state index contributed by atoms with van der Waals surface area (Å²) >= 11 is 0. The van der Waals surface area contributed by atoms with Gasteiger partial charge in [-0.1, -0.05) is 13.8 Å². The molecule has 0 spiro atoms. The Kier molecular flexibility index (Phi) is 5.04. The molecule has 0 radical (unpaired) electrons. The first-order chi connectivity index (χ1) is 10.1. The topological polar surface area (TPSA) is 101 Å². The van der Waals surface area contributed by atoms with E-state index in [0.29, 0.717) is 30.3 Å². The zero-order valence-electron chi connectivity index (χ0n) is 12.5. The van der Waals surface area contributed by atoms with Gasteiger partial charge in [0.1, 0.15) is 0 Å². The van der Waals surface area contributed by atoms with E-state index in [0.717, 1.165) is 6.42 Å². The molecular formula is C13H21N7O. The highest BCUT2D eigenvalue weighted by molar-refractivity contribution is 5.37. The molecule has 0 aliphatic heterocycles. The summed E-state index contributed by atoms with van der Waals surface area (Å²) in [5.74, 6) is 1.70. The summed E-state index contributed by atoms with van der Waals surface area (Å²) in [4.78, 5) is 12.7. The Labute approximate surface area is 123 Å². The van der Waals surface area contributed by atoms with Crippen LogP contribution in [0.15, 0.2) is 18.5 Å². The summed E-state index contributed by atoms with van der Waals surface area (Å²) in [6, 6.07) is 1.79. The number of hydrogen-bond donors (Lipinski definition) is 3. The summed E-state index contributed by atoms with van der Waals surface area (Å²) in [5, 5.41) is 19.9. The van der Waals surface area contributed by atoms with Gasteiger partial charge in [-0.25, -0.2) is 4.68 Å². The van der Waals surface area contributed by atoms with Gasteiger partial charge < -0.3 is 15.7 Å². The molecular weight excluding hydrogens is 270 g/mol. The molecule has 0 amide bonds. The van der Waals surface area contributed by atoms with Gasteiger partial charge in [0.2, 0.25) is 11.9 Å². The molecule has 1 unspecified atom stereocenters. The van der Waals surface area contributed by atoms with Gasteiger partial charge in [0.25, 0.3) is 5.95 Å². The molecule has 2 heterocycles. The van der Waals surface area contributed by atoms with E-state index in [1.165, 1.54) is 0 Å². The first-order valence-electron chi connectivity index (χ1n) is 6.94. The van der Waals surface area contributed by atoms with Crippen LogP contribution in [0.5, 0.6) is 0 Å². The number of nitrogens with one attached hydrogen (secondary N) is 2. The average molecular weight is 291 g/mol. The van der Waals surface area contributed by atoms with Crippen LogP contribution in [-0.2, 0) is 0 Å². The maximum atomic E-state index is 9.89. The van der Waals surface area contributed by atoms with E-state index in [2.05, 4.69) is 44.5 Å². The quantitative estimate of drug-likeness (QED) is 0.697. The highest BCUT2D eigenvalue weighted by Crippen LogP contribution is 2.09. The Morgan fingerprint density at radius 3 is 2.62 bits per heavy atom. The maximum absolute atomic E-state index is 9.89. The highest BCUT2D eigenvalue weighted by atomic mass is 16.3. The van der Waals surface area contributed by atoms with Crippen LogP contribution in [0.4, 0.5) is 11.9 Å². The zero-order valence-corrected chi connectivity index (χ0v) is 12.5. The van der Waals surface area contributed by atoms with Crippen molar-refractivity contribution in [2.75, 3.05) is 24.2 Å². The zero-order chi connectivity index (χ0) is 15.2. The van der Waals surface area contributed by atoms with Gasteiger partial charge in [-0.2, -0.15) is 20.1 Å². The van der Waals surface area contributed by atoms with Crippen LogP contribution >= 0.6 is 0 Å². The van der Waals surface area contributed by atoms with Crippen LogP contribution in [0.1, 0.15) is 20.3 Å². The standard InChI is InChI=1S/C13H21N7O/c1-9(2)7-10(21)8-15-12-17-11(14-3)18-13(19-12)20-6-4-5-16-20/h4-6,9-10,21H,7-8H2,1-3H3,(H2,14,15,17,18,19). The smallest absolute Gasteiger partial charge is 0.257 e. The van der Waals surface area contributed by atoms with Crippen molar-refractivity contribution < 1.29 is 5.11 Å². The fourth-order valence-corrected chi connectivity index (χ4v) is 1.88. The molecule has 0 bridgehead atoms. The lowest BCUT2D eigenvalue weighted by Crippen LogP contribution is -2.23. The molecule has 114 valence electrons. The second-order valence-electron chi connectivity index (χ2n) is 5.15. The number of rotatable bonds is 7. The van der Waals surface area contributed by atoms with E-state index in [4.69, 9.17) is 0 Å². The third-order valence-electron chi connectivity index (χ3n) is 2.80. The van der Waals surface area contributed by atoms with Crippen LogP contribution in [0.3, 0.4) is 0 Å². The number of nitrogens with zero attached hydrogens (tertiary/aromatic N) is 5. The SMILES string of the molecule is CNc1nc(NCC(O)CC(C)C)nc(-n2cccn2)n1. The monoisotopic (exact) mass is 291 g/mol. The van der Waals surface area contributed by atoms with Gasteiger partial charge in [0, 0.05) is 26.0 Å². The fraction of sp³-hybridized carbons (Fsp3) is 0.538. The van der Waals surface area contributed by atoms with Gasteiger partial charge in [0.15, 0.2) is 0 Å². The second kappa shape index (κ2) is 6.98. The minimum atomic E-state index is -0.437. The predicted molar refractivity (Wildman–Crippen MR) is 80.4 cm³/mol. The molecule has 0 saturated heterocycles. The number of aliphatic hydroxyl groups excluding tert-OH is 1. The van der Waals surface area contributed by atoms with E-state index in [1.807, 2.05) is 0 Å². The van der Waals surface area contributed by atoms with Gasteiger partial charge >= 0.3 is 0 Å². The lowest BCUT2D eigenvalue weighted by atomic mass is 10.1. The summed E-state index contributed by atoms with van der Waals surface area (Å²) in [5.41, 5.74) is 0. The van der Waals surface area contributed by atoms with Gasteiger partial charge in [-0.05, 0) is 18.4 Å². The predicted octanol–water partition coefficient (Wildman–Crippen LogP) is 0.918. The Bertz CT molecular complexity index is 556. The summed E-state index contributed by atoms with van der Waals surface area (Å²) in [6.45, 7) is 4.53. The molecule has 0 saturated carbocycles. The van der Waals surface area contributed by atoms with Crippen molar-refractivity contribution in [3.63, 3.8) is 0 Å². The lowest BCUT2D eigenvalue weighted by molar-refractivity contribution is 0.161. The molecule has 3 N–H and O–H groups in total. The van der Waals surface area contributed by atoms with E-state index in [-0.39, 0.29) is 0 Å². The van der Waals surface area contributed by atoms with E-state index < -0.39 is 6.10 Å². The first kappa shape index (κ1) is 15.2. The Morgan fingerprint density at radius 2 is 2.00 bits per heavy atom. The molecule has 0 aromatic carbocycles. The molecule has 2 aromatic heterocycles. The van der Waals surface area contributed by atoms with Crippen LogP contribution in [0, 0.1) is 5.92 Å². The molecule has 0 aliphatic rings. The second-order valence-corrected chi connectivity index (χ2v) is 5.15. The van der Waals surface area contributed by atoms with Crippen molar-refractivity contribution in [1.82, 2.24) is 24.7 Å². The molecule has 2 rings (SSSR count). The van der Waals surface area contributed by atoms with Crippen LogP contribution in [-0.4, -0.2) is 49.5 Å².